The minimum atomic E-state index is 0.0244. The van der Waals surface area contributed by atoms with Crippen LogP contribution in [0.1, 0.15) is 44.6 Å². The fourth-order valence-electron chi connectivity index (χ4n) is 4.07. The molecule has 2 aromatic carbocycles. The van der Waals surface area contributed by atoms with Crippen LogP contribution in [0.2, 0.25) is 0 Å². The van der Waals surface area contributed by atoms with Crippen molar-refractivity contribution in [1.29, 1.82) is 0 Å². The molecule has 2 fully saturated rings. The third kappa shape index (κ3) is 5.04. The number of para-hydroxylation sites is 1. The van der Waals surface area contributed by atoms with Gasteiger partial charge in [0.25, 0.3) is 5.91 Å². The van der Waals surface area contributed by atoms with E-state index in [0.29, 0.717) is 23.0 Å². The van der Waals surface area contributed by atoms with Crippen molar-refractivity contribution in [1.82, 2.24) is 4.90 Å². The van der Waals surface area contributed by atoms with E-state index in [9.17, 15) is 4.79 Å². The summed E-state index contributed by atoms with van der Waals surface area (Å²) in [7, 11) is 1.62. The summed E-state index contributed by atoms with van der Waals surface area (Å²) in [6.07, 6.45) is 7.50. The first-order chi connectivity index (χ1) is 15.6. The van der Waals surface area contributed by atoms with Gasteiger partial charge in [0, 0.05) is 10.5 Å². The Bertz CT molecular complexity index is 1030. The summed E-state index contributed by atoms with van der Waals surface area (Å²) >= 11 is 5.07. The van der Waals surface area contributed by atoms with E-state index >= 15 is 0 Å². The Morgan fingerprint density at radius 1 is 1.16 bits per heavy atom. The molecule has 2 aliphatic rings. The maximum absolute atomic E-state index is 13.5. The molecule has 1 saturated heterocycles. The second-order valence-electron chi connectivity index (χ2n) is 7.77. The van der Waals surface area contributed by atoms with Crippen LogP contribution in [-0.4, -0.2) is 35.7 Å². The predicted molar refractivity (Wildman–Crippen MR) is 135 cm³/mol. The molecule has 1 saturated carbocycles. The Balaban J connectivity index is 1.71. The van der Waals surface area contributed by atoms with Crippen LogP contribution in [0.25, 0.3) is 6.08 Å². The number of rotatable bonds is 6. The number of methoxy groups -OCH3 is 1. The number of amidine groups is 1. The summed E-state index contributed by atoms with van der Waals surface area (Å²) in [5.74, 6) is 1.33. The Hall–Kier alpha value is -2.25. The molecule has 5 nitrogen and oxygen atoms in total. The number of aliphatic imine (C=N–C) groups is 1. The van der Waals surface area contributed by atoms with E-state index in [1.165, 1.54) is 18.2 Å². The third-order valence-corrected chi connectivity index (χ3v) is 7.30. The van der Waals surface area contributed by atoms with Gasteiger partial charge in [0.1, 0.15) is 0 Å². The number of ether oxygens (including phenoxy) is 2. The van der Waals surface area contributed by atoms with Crippen molar-refractivity contribution in [3.63, 3.8) is 0 Å². The van der Waals surface area contributed by atoms with Gasteiger partial charge < -0.3 is 9.47 Å². The maximum Gasteiger partial charge on any atom is 0.267 e. The van der Waals surface area contributed by atoms with E-state index in [2.05, 4.69) is 15.9 Å². The van der Waals surface area contributed by atoms with Gasteiger partial charge in [0.2, 0.25) is 0 Å². The highest BCUT2D eigenvalue weighted by molar-refractivity contribution is 9.10. The van der Waals surface area contributed by atoms with Crippen molar-refractivity contribution < 1.29 is 14.3 Å². The normalized spacial score (nSPS) is 19.7. The summed E-state index contributed by atoms with van der Waals surface area (Å²) in [6, 6.07) is 13.8. The number of hydrogen-bond donors (Lipinski definition) is 0. The number of carbonyl (C=O) groups excluding carboxylic acids is 1. The maximum atomic E-state index is 13.5. The molecule has 0 atom stereocenters. The van der Waals surface area contributed by atoms with Gasteiger partial charge in [-0.25, -0.2) is 4.99 Å². The fraction of sp³-hybridized carbons (Fsp3) is 0.360. The summed E-state index contributed by atoms with van der Waals surface area (Å²) in [5, 5.41) is 0.758. The molecule has 2 aromatic rings. The number of thioether (sulfide) groups is 1. The molecule has 4 rings (SSSR count). The van der Waals surface area contributed by atoms with Crippen molar-refractivity contribution in [2.75, 3.05) is 13.7 Å². The average molecular weight is 515 g/mol. The molecule has 0 spiro atoms. The van der Waals surface area contributed by atoms with Gasteiger partial charge in [-0.2, -0.15) is 0 Å². The van der Waals surface area contributed by atoms with E-state index in [1.807, 2.05) is 60.4 Å². The van der Waals surface area contributed by atoms with Crippen LogP contribution < -0.4 is 9.47 Å². The van der Waals surface area contributed by atoms with Crippen LogP contribution in [0.3, 0.4) is 0 Å². The van der Waals surface area contributed by atoms with Gasteiger partial charge in [0.15, 0.2) is 16.7 Å². The molecule has 7 heteroatoms. The zero-order valence-corrected chi connectivity index (χ0v) is 20.7. The first-order valence-corrected chi connectivity index (χ1v) is 12.6. The molecule has 1 aliphatic heterocycles. The zero-order valence-electron chi connectivity index (χ0n) is 18.3. The second-order valence-corrected chi connectivity index (χ2v) is 9.63. The van der Waals surface area contributed by atoms with Crippen LogP contribution in [0.5, 0.6) is 11.5 Å². The van der Waals surface area contributed by atoms with Crippen molar-refractivity contribution in [2.24, 2.45) is 4.99 Å². The molecule has 1 amide bonds. The highest BCUT2D eigenvalue weighted by atomic mass is 79.9. The number of carbonyl (C=O) groups is 1. The zero-order chi connectivity index (χ0) is 22.5. The molecule has 32 heavy (non-hydrogen) atoms. The van der Waals surface area contributed by atoms with Crippen molar-refractivity contribution in [3.05, 3.63) is 57.4 Å². The van der Waals surface area contributed by atoms with Crippen LogP contribution in [-0.2, 0) is 4.79 Å². The Morgan fingerprint density at radius 2 is 1.91 bits per heavy atom. The lowest BCUT2D eigenvalue weighted by Crippen LogP contribution is -2.40. The standard InChI is InChI=1S/C25H27BrN2O3S/c1-3-31-22-16-20(26)17(14-21(22)30-2)15-23-24(29)28(19-12-8-5-9-13-19)25(32-23)27-18-10-6-4-7-11-18/h4,6-7,10-11,14-16,19H,3,5,8-9,12-13H2,1-2H3/b23-15-,27-25?. The minimum Gasteiger partial charge on any atom is -0.493 e. The first-order valence-electron chi connectivity index (χ1n) is 11.0. The Morgan fingerprint density at radius 3 is 2.59 bits per heavy atom. The fourth-order valence-corrected chi connectivity index (χ4v) is 5.56. The smallest absolute Gasteiger partial charge is 0.267 e. The van der Waals surface area contributed by atoms with Gasteiger partial charge in [-0.3, -0.25) is 9.69 Å². The van der Waals surface area contributed by atoms with Gasteiger partial charge in [-0.1, -0.05) is 53.4 Å². The second kappa shape index (κ2) is 10.6. The molecule has 1 heterocycles. The Kier molecular flexibility index (Phi) is 7.58. The van der Waals surface area contributed by atoms with Crippen LogP contribution in [0.4, 0.5) is 5.69 Å². The lowest BCUT2D eigenvalue weighted by Gasteiger charge is -2.30. The molecular formula is C25H27BrN2O3S. The van der Waals surface area contributed by atoms with Crippen molar-refractivity contribution in [2.45, 2.75) is 45.1 Å². The monoisotopic (exact) mass is 514 g/mol. The van der Waals surface area contributed by atoms with E-state index in [1.54, 1.807) is 7.11 Å². The van der Waals surface area contributed by atoms with Gasteiger partial charge in [-0.15, -0.1) is 0 Å². The van der Waals surface area contributed by atoms with E-state index in [4.69, 9.17) is 14.5 Å². The third-order valence-electron chi connectivity index (χ3n) is 5.63. The molecule has 1 aliphatic carbocycles. The lowest BCUT2D eigenvalue weighted by atomic mass is 9.94. The largest absolute Gasteiger partial charge is 0.493 e. The number of hydrogen-bond acceptors (Lipinski definition) is 5. The quantitative estimate of drug-likeness (QED) is 0.398. The molecule has 0 radical (unpaired) electrons. The number of benzene rings is 2. The van der Waals surface area contributed by atoms with E-state index < -0.39 is 0 Å². The van der Waals surface area contributed by atoms with Gasteiger partial charge >= 0.3 is 0 Å². The molecule has 0 unspecified atom stereocenters. The first kappa shape index (κ1) is 22.9. The predicted octanol–water partition coefficient (Wildman–Crippen LogP) is 6.79. The van der Waals surface area contributed by atoms with Crippen LogP contribution in [0, 0.1) is 0 Å². The minimum absolute atomic E-state index is 0.0244. The summed E-state index contributed by atoms with van der Waals surface area (Å²) < 4.78 is 12.0. The summed E-state index contributed by atoms with van der Waals surface area (Å²) in [4.78, 5) is 21.0. The molecular weight excluding hydrogens is 488 g/mol. The number of halogens is 1. The van der Waals surface area contributed by atoms with Crippen LogP contribution >= 0.6 is 27.7 Å². The highest BCUT2D eigenvalue weighted by Gasteiger charge is 2.38. The van der Waals surface area contributed by atoms with Crippen molar-refractivity contribution in [3.8, 4) is 11.5 Å². The SMILES string of the molecule is CCOc1cc(Br)c(/C=C2\SC(=Nc3ccccc3)N(C3CCCCC3)C2=O)cc1OC. The summed E-state index contributed by atoms with van der Waals surface area (Å²) in [6.45, 7) is 2.48. The number of nitrogens with zero attached hydrogens (tertiary/aromatic N) is 2. The molecule has 0 aromatic heterocycles. The van der Waals surface area contributed by atoms with E-state index in [-0.39, 0.29) is 11.9 Å². The molecule has 168 valence electrons. The average Bonchev–Trinajstić information content (AvgIpc) is 3.11. The molecule has 0 N–H and O–H groups in total. The topological polar surface area (TPSA) is 51.1 Å². The van der Waals surface area contributed by atoms with Gasteiger partial charge in [-0.05, 0) is 67.4 Å². The van der Waals surface area contributed by atoms with Crippen LogP contribution in [0.15, 0.2) is 56.8 Å². The lowest BCUT2D eigenvalue weighted by molar-refractivity contribution is -0.124. The number of amides is 1. The molecule has 0 bridgehead atoms. The highest BCUT2D eigenvalue weighted by Crippen LogP contribution is 2.41. The van der Waals surface area contributed by atoms with E-state index in [0.717, 1.165) is 46.6 Å². The van der Waals surface area contributed by atoms with Crippen molar-refractivity contribution >= 4 is 50.5 Å². The summed E-state index contributed by atoms with van der Waals surface area (Å²) in [5.41, 5.74) is 1.72. The van der Waals surface area contributed by atoms with Gasteiger partial charge in [0.05, 0.1) is 24.3 Å². The Labute approximate surface area is 202 Å².